The van der Waals surface area contributed by atoms with Crippen LogP contribution in [0.5, 0.6) is 0 Å². The van der Waals surface area contributed by atoms with E-state index in [1.807, 2.05) is 0 Å². The number of hydrogen-bond donors (Lipinski definition) is 3. The third kappa shape index (κ3) is 68.6. The number of rotatable bonds is 76. The zero-order valence-electron chi connectivity index (χ0n) is 60.9. The second-order valence-electron chi connectivity index (χ2n) is 27.0. The highest BCUT2D eigenvalue weighted by atomic mass is 31.2. The van der Waals surface area contributed by atoms with E-state index >= 15 is 0 Å². The van der Waals surface area contributed by atoms with Crippen LogP contribution in [0.4, 0.5) is 0 Å². The maximum Gasteiger partial charge on any atom is 0.472 e. The first kappa shape index (κ1) is 92.1. The van der Waals surface area contributed by atoms with Gasteiger partial charge < -0.3 is 33.8 Å². The average molecular weight is 1380 g/mol. The Hall–Kier alpha value is -1.94. The predicted octanol–water partition coefficient (Wildman–Crippen LogP) is 22.2. The van der Waals surface area contributed by atoms with Crippen molar-refractivity contribution >= 4 is 39.5 Å². The minimum Gasteiger partial charge on any atom is -0.462 e. The number of esters is 4. The van der Waals surface area contributed by atoms with E-state index in [1.54, 1.807) is 0 Å². The van der Waals surface area contributed by atoms with Crippen LogP contribution in [0, 0.1) is 0 Å². The normalized spacial score (nSPS) is 13.9. The van der Waals surface area contributed by atoms with Crippen molar-refractivity contribution < 1.29 is 80.2 Å². The molecule has 0 radical (unpaired) electrons. The summed E-state index contributed by atoms with van der Waals surface area (Å²) in [6.07, 6.45) is 60.3. The Labute approximate surface area is 575 Å². The van der Waals surface area contributed by atoms with Gasteiger partial charge in [0.2, 0.25) is 0 Å². The van der Waals surface area contributed by atoms with Gasteiger partial charge in [-0.1, -0.05) is 349 Å². The molecule has 0 aliphatic heterocycles. The van der Waals surface area contributed by atoms with Crippen molar-refractivity contribution in [3.63, 3.8) is 0 Å². The molecule has 0 amide bonds. The maximum atomic E-state index is 13.1. The first-order valence-corrected chi connectivity index (χ1v) is 42.3. The molecule has 0 aromatic rings. The van der Waals surface area contributed by atoms with Crippen LogP contribution in [0.25, 0.3) is 0 Å². The second kappa shape index (κ2) is 69.5. The molecule has 0 fully saturated rings. The van der Waals surface area contributed by atoms with Crippen molar-refractivity contribution in [2.45, 2.75) is 418 Å². The number of aliphatic hydroxyl groups excluding tert-OH is 1. The lowest BCUT2D eigenvalue weighted by Gasteiger charge is -2.21. The quantitative estimate of drug-likeness (QED) is 0.0222. The highest BCUT2D eigenvalue weighted by molar-refractivity contribution is 7.47. The molecule has 0 aromatic carbocycles. The molecule has 0 rings (SSSR count). The summed E-state index contributed by atoms with van der Waals surface area (Å²) in [5, 5.41) is 10.6. The zero-order valence-corrected chi connectivity index (χ0v) is 62.7. The SMILES string of the molecule is CCCCCCCCCCCCCCCCCCCCCCCCC(=O)O[C@H](COC(=O)CCCCCCCCCCCCCCCCCCC)COP(=O)(O)OC[C@@H](O)COP(=O)(O)OC[C@@H](COC(=O)CCCCCCC)OC(=O)CCCCCCCCCCCC. The predicted molar refractivity (Wildman–Crippen MR) is 382 cm³/mol. The van der Waals surface area contributed by atoms with Gasteiger partial charge in [0.25, 0.3) is 0 Å². The van der Waals surface area contributed by atoms with Crippen LogP contribution in [0.15, 0.2) is 0 Å². The third-order valence-corrected chi connectivity index (χ3v) is 19.5. The lowest BCUT2D eigenvalue weighted by Crippen LogP contribution is -2.30. The zero-order chi connectivity index (χ0) is 69.0. The van der Waals surface area contributed by atoms with Crippen LogP contribution >= 0.6 is 15.6 Å². The maximum absolute atomic E-state index is 13.1. The topological polar surface area (TPSA) is 237 Å². The average Bonchev–Trinajstić information content (AvgIpc) is 1.53. The fourth-order valence-electron chi connectivity index (χ4n) is 11.6. The minimum absolute atomic E-state index is 0.106. The number of hydrogen-bond acceptors (Lipinski definition) is 15. The van der Waals surface area contributed by atoms with Gasteiger partial charge in [-0.15, -0.1) is 0 Å². The smallest absolute Gasteiger partial charge is 0.462 e. The van der Waals surface area contributed by atoms with Crippen LogP contribution in [0.2, 0.25) is 0 Å². The summed E-state index contributed by atoms with van der Waals surface area (Å²) in [5.74, 6) is -2.13. The number of carbonyl (C=O) groups is 4. The molecule has 0 aliphatic carbocycles. The molecule has 3 N–H and O–H groups in total. The molecule has 94 heavy (non-hydrogen) atoms. The minimum atomic E-state index is -4.95. The van der Waals surface area contributed by atoms with Crippen molar-refractivity contribution in [3.8, 4) is 0 Å². The molecule has 17 nitrogen and oxygen atoms in total. The molecular weight excluding hydrogens is 1230 g/mol. The highest BCUT2D eigenvalue weighted by Gasteiger charge is 2.30. The van der Waals surface area contributed by atoms with Gasteiger partial charge in [0.05, 0.1) is 26.4 Å². The van der Waals surface area contributed by atoms with E-state index in [1.165, 1.54) is 225 Å². The summed E-state index contributed by atoms with van der Waals surface area (Å²) in [6, 6.07) is 0. The standard InChI is InChI=1S/C75H146O17P2/c1-5-9-13-17-20-23-26-28-30-32-33-34-35-36-38-40-42-44-47-50-54-58-62-75(80)92-71(66-86-73(78)60-56-52-48-46-43-41-39-37-31-29-27-24-21-18-14-10-6-2)68-90-94(83,84)88-64-69(76)63-87-93(81,82)89-67-70(65-85-72(77)59-55-51-16-12-8-4)91-74(79)61-57-53-49-45-25-22-19-15-11-7-3/h69-71,76H,5-68H2,1-4H3,(H,81,82)(H,83,84)/t69-,70+,71+/m0/s1. The lowest BCUT2D eigenvalue weighted by atomic mass is 10.0. The molecule has 2 unspecified atom stereocenters. The van der Waals surface area contributed by atoms with Gasteiger partial charge in [-0.2, -0.15) is 0 Å². The Balaban J connectivity index is 5.09. The van der Waals surface area contributed by atoms with E-state index in [4.69, 9.17) is 37.0 Å². The monoisotopic (exact) mass is 1380 g/mol. The lowest BCUT2D eigenvalue weighted by molar-refractivity contribution is -0.161. The van der Waals surface area contributed by atoms with Gasteiger partial charge in [-0.25, -0.2) is 9.13 Å². The third-order valence-electron chi connectivity index (χ3n) is 17.6. The van der Waals surface area contributed by atoms with Crippen molar-refractivity contribution in [1.29, 1.82) is 0 Å². The van der Waals surface area contributed by atoms with Gasteiger partial charge >= 0.3 is 39.5 Å². The molecule has 5 atom stereocenters. The fraction of sp³-hybridized carbons (Fsp3) is 0.947. The van der Waals surface area contributed by atoms with Gasteiger partial charge in [0, 0.05) is 25.7 Å². The largest absolute Gasteiger partial charge is 0.472 e. The molecule has 0 saturated heterocycles. The Bertz CT molecular complexity index is 1790. The Morgan fingerprint density at radius 2 is 0.426 bits per heavy atom. The molecule has 0 spiro atoms. The number of phosphoric acid groups is 2. The molecule has 0 aromatic heterocycles. The molecule has 0 saturated carbocycles. The summed E-state index contributed by atoms with van der Waals surface area (Å²) >= 11 is 0. The Kier molecular flexibility index (Phi) is 68.1. The molecule has 0 heterocycles. The molecule has 0 aliphatic rings. The number of unbranched alkanes of at least 4 members (excludes halogenated alkanes) is 50. The molecular formula is C75H146O17P2. The van der Waals surface area contributed by atoms with Gasteiger partial charge in [0.1, 0.15) is 19.3 Å². The van der Waals surface area contributed by atoms with E-state index in [0.717, 1.165) is 96.3 Å². The fourth-order valence-corrected chi connectivity index (χ4v) is 13.2. The van der Waals surface area contributed by atoms with E-state index in [2.05, 4.69) is 27.7 Å². The van der Waals surface area contributed by atoms with Crippen LogP contribution in [-0.4, -0.2) is 96.7 Å². The summed E-state index contributed by atoms with van der Waals surface area (Å²) in [5.41, 5.74) is 0. The highest BCUT2D eigenvalue weighted by Crippen LogP contribution is 2.45. The van der Waals surface area contributed by atoms with Crippen molar-refractivity contribution in [2.75, 3.05) is 39.6 Å². The number of phosphoric ester groups is 2. The second-order valence-corrected chi connectivity index (χ2v) is 29.9. The molecule has 558 valence electrons. The van der Waals surface area contributed by atoms with Crippen molar-refractivity contribution in [1.82, 2.24) is 0 Å². The van der Waals surface area contributed by atoms with Gasteiger partial charge in [-0.05, 0) is 25.7 Å². The summed E-state index contributed by atoms with van der Waals surface area (Å²) in [4.78, 5) is 72.4. The van der Waals surface area contributed by atoms with E-state index < -0.39 is 97.5 Å². The van der Waals surface area contributed by atoms with Gasteiger partial charge in [-0.3, -0.25) is 37.3 Å². The Morgan fingerprint density at radius 1 is 0.255 bits per heavy atom. The first-order chi connectivity index (χ1) is 45.7. The van der Waals surface area contributed by atoms with E-state index in [0.29, 0.717) is 25.7 Å². The van der Waals surface area contributed by atoms with E-state index in [9.17, 15) is 43.2 Å². The van der Waals surface area contributed by atoms with Crippen LogP contribution < -0.4 is 0 Å². The summed E-state index contributed by atoms with van der Waals surface area (Å²) in [7, 11) is -9.89. The Morgan fingerprint density at radius 3 is 0.628 bits per heavy atom. The number of ether oxygens (including phenoxy) is 4. The van der Waals surface area contributed by atoms with Crippen LogP contribution in [0.1, 0.15) is 400 Å². The van der Waals surface area contributed by atoms with Crippen molar-refractivity contribution in [3.05, 3.63) is 0 Å². The number of aliphatic hydroxyl groups is 1. The molecule has 19 heteroatoms. The first-order valence-electron chi connectivity index (χ1n) is 39.3. The van der Waals surface area contributed by atoms with Crippen molar-refractivity contribution in [2.24, 2.45) is 0 Å². The van der Waals surface area contributed by atoms with E-state index in [-0.39, 0.29) is 25.7 Å². The van der Waals surface area contributed by atoms with Gasteiger partial charge in [0.15, 0.2) is 12.2 Å². The van der Waals surface area contributed by atoms with Crippen LogP contribution in [-0.2, 0) is 65.4 Å². The van der Waals surface area contributed by atoms with Crippen LogP contribution in [0.3, 0.4) is 0 Å². The summed E-state index contributed by atoms with van der Waals surface area (Å²) < 4.78 is 68.2. The molecule has 0 bridgehead atoms. The number of carbonyl (C=O) groups excluding carboxylic acids is 4. The summed E-state index contributed by atoms with van der Waals surface area (Å²) in [6.45, 7) is 4.87.